The molecule has 1 rings (SSSR count). The number of carbonyl (C=O) groups is 1. The fraction of sp³-hybridized carbons (Fsp3) is 0.400. The summed E-state index contributed by atoms with van der Waals surface area (Å²) in [6.45, 7) is 5.00. The zero-order chi connectivity index (χ0) is 14.3. The first kappa shape index (κ1) is 15.8. The summed E-state index contributed by atoms with van der Waals surface area (Å²) in [5, 5.41) is 8.64. The maximum Gasteiger partial charge on any atom is 0.328 e. The third kappa shape index (κ3) is 5.92. The average Bonchev–Trinajstić information content (AvgIpc) is 2.36. The molecule has 1 aromatic carbocycles. The molecule has 1 atom stereocenters. The standard InChI is InChI=1S/C15H19BrO3/c1-3-4-11(2)10-19-13-6-7-14(16)12(9-13)5-8-15(17)18/h5-9,11H,3-4,10H2,1-2H3,(H,17,18)/b8-5+. The Morgan fingerprint density at radius 1 is 1.53 bits per heavy atom. The van der Waals surface area contributed by atoms with Crippen LogP contribution in [0, 0.1) is 5.92 Å². The SMILES string of the molecule is CCCC(C)COc1ccc(Br)c(/C=C/C(=O)O)c1. The first-order chi connectivity index (χ1) is 9.02. The van der Waals surface area contributed by atoms with E-state index in [0.29, 0.717) is 12.5 Å². The zero-order valence-electron chi connectivity index (χ0n) is 11.2. The van der Waals surface area contributed by atoms with Gasteiger partial charge in [-0.1, -0.05) is 36.2 Å². The average molecular weight is 327 g/mol. The highest BCUT2D eigenvalue weighted by molar-refractivity contribution is 9.10. The lowest BCUT2D eigenvalue weighted by Crippen LogP contribution is -2.08. The van der Waals surface area contributed by atoms with Gasteiger partial charge < -0.3 is 9.84 Å². The maximum atomic E-state index is 10.5. The van der Waals surface area contributed by atoms with Crippen LogP contribution in [0.2, 0.25) is 0 Å². The van der Waals surface area contributed by atoms with E-state index in [1.807, 2.05) is 18.2 Å². The van der Waals surface area contributed by atoms with E-state index < -0.39 is 5.97 Å². The molecular formula is C15H19BrO3. The Morgan fingerprint density at radius 2 is 2.26 bits per heavy atom. The number of aliphatic carboxylic acids is 1. The van der Waals surface area contributed by atoms with Gasteiger partial charge in [0, 0.05) is 10.5 Å². The van der Waals surface area contributed by atoms with E-state index in [1.165, 1.54) is 0 Å². The summed E-state index contributed by atoms with van der Waals surface area (Å²) in [5.74, 6) is 0.317. The number of hydrogen-bond acceptors (Lipinski definition) is 2. The van der Waals surface area contributed by atoms with Gasteiger partial charge in [-0.05, 0) is 42.2 Å². The number of halogens is 1. The summed E-state index contributed by atoms with van der Waals surface area (Å²) in [5.41, 5.74) is 0.794. The Bertz CT molecular complexity index is 455. The van der Waals surface area contributed by atoms with E-state index in [2.05, 4.69) is 29.8 Å². The molecule has 0 fully saturated rings. The van der Waals surface area contributed by atoms with E-state index in [0.717, 1.165) is 34.7 Å². The van der Waals surface area contributed by atoms with Crippen molar-refractivity contribution in [2.75, 3.05) is 6.61 Å². The van der Waals surface area contributed by atoms with Crippen LogP contribution in [0.4, 0.5) is 0 Å². The van der Waals surface area contributed by atoms with Gasteiger partial charge in [-0.15, -0.1) is 0 Å². The van der Waals surface area contributed by atoms with Crippen molar-refractivity contribution in [2.24, 2.45) is 5.92 Å². The van der Waals surface area contributed by atoms with E-state index in [1.54, 1.807) is 6.08 Å². The molecule has 4 heteroatoms. The Hall–Kier alpha value is -1.29. The predicted molar refractivity (Wildman–Crippen MR) is 80.4 cm³/mol. The molecule has 104 valence electrons. The molecule has 1 N–H and O–H groups in total. The van der Waals surface area contributed by atoms with Crippen LogP contribution in [0.25, 0.3) is 6.08 Å². The topological polar surface area (TPSA) is 46.5 Å². The Kier molecular flexibility index (Phi) is 6.64. The summed E-state index contributed by atoms with van der Waals surface area (Å²) in [6.07, 6.45) is 4.96. The highest BCUT2D eigenvalue weighted by atomic mass is 79.9. The molecule has 19 heavy (non-hydrogen) atoms. The van der Waals surface area contributed by atoms with Gasteiger partial charge in [0.05, 0.1) is 6.61 Å². The fourth-order valence-electron chi connectivity index (χ4n) is 1.72. The maximum absolute atomic E-state index is 10.5. The van der Waals surface area contributed by atoms with Crippen molar-refractivity contribution in [1.29, 1.82) is 0 Å². The second-order valence-electron chi connectivity index (χ2n) is 4.56. The summed E-state index contributed by atoms with van der Waals surface area (Å²) >= 11 is 3.39. The third-order valence-electron chi connectivity index (χ3n) is 2.69. The first-order valence-electron chi connectivity index (χ1n) is 6.36. The highest BCUT2D eigenvalue weighted by Gasteiger charge is 2.04. The molecule has 0 aromatic heterocycles. The van der Waals surface area contributed by atoms with Crippen molar-refractivity contribution in [3.05, 3.63) is 34.3 Å². The van der Waals surface area contributed by atoms with Gasteiger partial charge in [0.1, 0.15) is 5.75 Å². The molecule has 0 saturated heterocycles. The van der Waals surface area contributed by atoms with Crippen LogP contribution in [0.3, 0.4) is 0 Å². The van der Waals surface area contributed by atoms with Crippen molar-refractivity contribution in [3.8, 4) is 5.75 Å². The minimum atomic E-state index is -0.963. The van der Waals surface area contributed by atoms with Gasteiger partial charge in [-0.25, -0.2) is 4.79 Å². The Labute approximate surface area is 122 Å². The molecule has 0 saturated carbocycles. The third-order valence-corrected chi connectivity index (χ3v) is 3.41. The molecule has 0 aliphatic rings. The molecule has 3 nitrogen and oxygen atoms in total. The normalized spacial score (nSPS) is 12.6. The van der Waals surface area contributed by atoms with Gasteiger partial charge in [-0.2, -0.15) is 0 Å². The number of benzene rings is 1. The number of hydrogen-bond donors (Lipinski definition) is 1. The molecule has 0 aliphatic carbocycles. The molecule has 1 aromatic rings. The van der Waals surface area contributed by atoms with Crippen molar-refractivity contribution < 1.29 is 14.6 Å². The van der Waals surface area contributed by atoms with Crippen LogP contribution >= 0.6 is 15.9 Å². The molecule has 0 radical (unpaired) electrons. The lowest BCUT2D eigenvalue weighted by atomic mass is 10.1. The van der Waals surface area contributed by atoms with E-state index in [-0.39, 0.29) is 0 Å². The fourth-order valence-corrected chi connectivity index (χ4v) is 2.09. The summed E-state index contributed by atoms with van der Waals surface area (Å²) in [4.78, 5) is 10.5. The van der Waals surface area contributed by atoms with Crippen molar-refractivity contribution in [2.45, 2.75) is 26.7 Å². The minimum Gasteiger partial charge on any atom is -0.493 e. The molecule has 0 spiro atoms. The first-order valence-corrected chi connectivity index (χ1v) is 7.15. The summed E-state index contributed by atoms with van der Waals surface area (Å²) in [6, 6.07) is 5.57. The number of carboxylic acid groups (broad SMARTS) is 1. The highest BCUT2D eigenvalue weighted by Crippen LogP contribution is 2.24. The van der Waals surface area contributed by atoms with Gasteiger partial charge in [0.15, 0.2) is 0 Å². The van der Waals surface area contributed by atoms with Crippen LogP contribution in [-0.4, -0.2) is 17.7 Å². The molecule has 0 aliphatic heterocycles. The van der Waals surface area contributed by atoms with Gasteiger partial charge >= 0.3 is 5.97 Å². The largest absolute Gasteiger partial charge is 0.493 e. The van der Waals surface area contributed by atoms with Gasteiger partial charge in [0.2, 0.25) is 0 Å². The van der Waals surface area contributed by atoms with Crippen LogP contribution in [0.5, 0.6) is 5.75 Å². The molecule has 0 heterocycles. The Morgan fingerprint density at radius 3 is 2.89 bits per heavy atom. The van der Waals surface area contributed by atoms with Crippen molar-refractivity contribution in [3.63, 3.8) is 0 Å². The van der Waals surface area contributed by atoms with Gasteiger partial charge in [0.25, 0.3) is 0 Å². The molecule has 0 bridgehead atoms. The second-order valence-corrected chi connectivity index (χ2v) is 5.41. The summed E-state index contributed by atoms with van der Waals surface area (Å²) < 4.78 is 6.57. The van der Waals surface area contributed by atoms with Crippen LogP contribution < -0.4 is 4.74 Å². The predicted octanol–water partition coefficient (Wildman–Crippen LogP) is 4.36. The van der Waals surface area contributed by atoms with Crippen LogP contribution in [-0.2, 0) is 4.79 Å². The van der Waals surface area contributed by atoms with E-state index >= 15 is 0 Å². The minimum absolute atomic E-state index is 0.520. The Balaban J connectivity index is 2.70. The lowest BCUT2D eigenvalue weighted by molar-refractivity contribution is -0.131. The zero-order valence-corrected chi connectivity index (χ0v) is 12.8. The number of ether oxygens (including phenoxy) is 1. The van der Waals surface area contributed by atoms with Crippen LogP contribution in [0.15, 0.2) is 28.7 Å². The van der Waals surface area contributed by atoms with Crippen LogP contribution in [0.1, 0.15) is 32.3 Å². The van der Waals surface area contributed by atoms with E-state index in [9.17, 15) is 4.79 Å². The lowest BCUT2D eigenvalue weighted by Gasteiger charge is -2.12. The number of rotatable bonds is 7. The van der Waals surface area contributed by atoms with Crippen molar-refractivity contribution in [1.82, 2.24) is 0 Å². The quantitative estimate of drug-likeness (QED) is 0.757. The van der Waals surface area contributed by atoms with Gasteiger partial charge in [-0.3, -0.25) is 0 Å². The van der Waals surface area contributed by atoms with Crippen molar-refractivity contribution >= 4 is 28.0 Å². The van der Waals surface area contributed by atoms with E-state index in [4.69, 9.17) is 9.84 Å². The number of carboxylic acids is 1. The second kappa shape index (κ2) is 8.00. The molecule has 1 unspecified atom stereocenters. The monoisotopic (exact) mass is 326 g/mol. The molecule has 0 amide bonds. The smallest absolute Gasteiger partial charge is 0.328 e. The summed E-state index contributed by atoms with van der Waals surface area (Å²) in [7, 11) is 0. The molecular weight excluding hydrogens is 308 g/mol.